The molecule has 0 radical (unpaired) electrons. The van der Waals surface area contributed by atoms with Gasteiger partial charge >= 0.3 is 0 Å². The summed E-state index contributed by atoms with van der Waals surface area (Å²) in [4.78, 5) is 0.340. The molecule has 0 amide bonds. The maximum Gasteiger partial charge on any atom is 0.243 e. The maximum absolute atomic E-state index is 12.9. The molecular formula is C18H28N2O4S2. The zero-order chi connectivity index (χ0) is 18.8. The third kappa shape index (κ3) is 4.30. The lowest BCUT2D eigenvalue weighted by Crippen LogP contribution is -2.35. The molecule has 1 aliphatic carbocycles. The van der Waals surface area contributed by atoms with Gasteiger partial charge in [0.05, 0.1) is 9.79 Å². The van der Waals surface area contributed by atoms with Gasteiger partial charge in [-0.1, -0.05) is 13.3 Å². The Labute approximate surface area is 157 Å². The Bertz CT molecular complexity index is 809. The van der Waals surface area contributed by atoms with E-state index in [9.17, 15) is 16.8 Å². The summed E-state index contributed by atoms with van der Waals surface area (Å²) in [7, 11) is -7.12. The molecule has 146 valence electrons. The highest BCUT2D eigenvalue weighted by atomic mass is 32.2. The molecule has 0 unspecified atom stereocenters. The van der Waals surface area contributed by atoms with Gasteiger partial charge in [0.1, 0.15) is 0 Å². The van der Waals surface area contributed by atoms with Crippen LogP contribution < -0.4 is 0 Å². The van der Waals surface area contributed by atoms with E-state index in [0.29, 0.717) is 32.1 Å². The van der Waals surface area contributed by atoms with E-state index in [-0.39, 0.29) is 9.79 Å². The summed E-state index contributed by atoms with van der Waals surface area (Å²) in [6.07, 6.45) is 5.73. The third-order valence-electron chi connectivity index (χ3n) is 5.05. The van der Waals surface area contributed by atoms with E-state index >= 15 is 0 Å². The number of piperidine rings is 1. The molecule has 0 spiro atoms. The van der Waals surface area contributed by atoms with Gasteiger partial charge in [-0.05, 0) is 62.3 Å². The van der Waals surface area contributed by atoms with E-state index in [0.717, 1.165) is 38.5 Å². The second kappa shape index (κ2) is 7.96. The van der Waals surface area contributed by atoms with Gasteiger partial charge in [-0.2, -0.15) is 8.61 Å². The first kappa shape index (κ1) is 19.8. The standard InChI is InChI=1S/C18H28N2O4S2/c1-2-12-20(15-16-6-7-16)26(23,24)18-10-8-17(9-11-18)25(21,22)19-13-4-3-5-14-19/h8-11,16H,2-7,12-15H2,1H3. The van der Waals surface area contributed by atoms with Crippen LogP contribution in [-0.4, -0.2) is 51.6 Å². The molecule has 26 heavy (non-hydrogen) atoms. The zero-order valence-electron chi connectivity index (χ0n) is 15.3. The fourth-order valence-corrected chi connectivity index (χ4v) is 6.46. The predicted octanol–water partition coefficient (Wildman–Crippen LogP) is 2.67. The van der Waals surface area contributed by atoms with Crippen LogP contribution in [0.25, 0.3) is 0 Å². The Morgan fingerprint density at radius 2 is 1.54 bits per heavy atom. The summed E-state index contributed by atoms with van der Waals surface area (Å²) in [5, 5.41) is 0. The van der Waals surface area contributed by atoms with Crippen molar-refractivity contribution in [2.45, 2.75) is 55.2 Å². The molecule has 1 aromatic rings. The van der Waals surface area contributed by atoms with Gasteiger partial charge in [0.15, 0.2) is 0 Å². The van der Waals surface area contributed by atoms with Gasteiger partial charge in [0.25, 0.3) is 0 Å². The first-order valence-corrected chi connectivity index (χ1v) is 12.3. The Hall–Kier alpha value is -0.960. The minimum atomic E-state index is -3.58. The van der Waals surface area contributed by atoms with Crippen molar-refractivity contribution < 1.29 is 16.8 Å². The Balaban J connectivity index is 1.81. The van der Waals surface area contributed by atoms with Crippen molar-refractivity contribution in [3.05, 3.63) is 24.3 Å². The SMILES string of the molecule is CCCN(CC1CC1)S(=O)(=O)c1ccc(S(=O)(=O)N2CCCCC2)cc1. The molecule has 0 N–H and O–H groups in total. The lowest BCUT2D eigenvalue weighted by Gasteiger charge is -2.26. The molecule has 0 aromatic heterocycles. The Morgan fingerprint density at radius 1 is 0.962 bits per heavy atom. The molecule has 1 heterocycles. The minimum Gasteiger partial charge on any atom is -0.207 e. The van der Waals surface area contributed by atoms with Crippen molar-refractivity contribution in [3.63, 3.8) is 0 Å². The van der Waals surface area contributed by atoms with Crippen LogP contribution in [0.5, 0.6) is 0 Å². The zero-order valence-corrected chi connectivity index (χ0v) is 16.9. The maximum atomic E-state index is 12.9. The minimum absolute atomic E-state index is 0.169. The number of hydrogen-bond donors (Lipinski definition) is 0. The monoisotopic (exact) mass is 400 g/mol. The van der Waals surface area contributed by atoms with E-state index in [1.54, 1.807) is 4.31 Å². The van der Waals surface area contributed by atoms with Gasteiger partial charge in [0.2, 0.25) is 20.0 Å². The molecule has 1 saturated heterocycles. The Kier molecular flexibility index (Phi) is 6.06. The highest BCUT2D eigenvalue weighted by Crippen LogP contribution is 2.32. The van der Waals surface area contributed by atoms with Crippen molar-refractivity contribution in [2.75, 3.05) is 26.2 Å². The number of hydrogen-bond acceptors (Lipinski definition) is 4. The number of nitrogens with zero attached hydrogens (tertiary/aromatic N) is 2. The predicted molar refractivity (Wildman–Crippen MR) is 101 cm³/mol. The van der Waals surface area contributed by atoms with Crippen LogP contribution in [0.2, 0.25) is 0 Å². The fourth-order valence-electron chi connectivity index (χ4n) is 3.33. The van der Waals surface area contributed by atoms with E-state index in [1.807, 2.05) is 6.92 Å². The Morgan fingerprint density at radius 3 is 2.08 bits per heavy atom. The van der Waals surface area contributed by atoms with Gasteiger partial charge in [-0.15, -0.1) is 0 Å². The lowest BCUT2D eigenvalue weighted by molar-refractivity contribution is 0.346. The topological polar surface area (TPSA) is 74.8 Å². The largest absolute Gasteiger partial charge is 0.243 e. The summed E-state index contributed by atoms with van der Waals surface area (Å²) in [6, 6.07) is 5.72. The van der Waals surface area contributed by atoms with Crippen LogP contribution in [-0.2, 0) is 20.0 Å². The van der Waals surface area contributed by atoms with Crippen molar-refractivity contribution in [1.29, 1.82) is 0 Å². The van der Waals surface area contributed by atoms with Crippen LogP contribution >= 0.6 is 0 Å². The first-order chi connectivity index (χ1) is 12.4. The molecule has 2 aliphatic rings. The first-order valence-electron chi connectivity index (χ1n) is 9.46. The van der Waals surface area contributed by atoms with Gasteiger partial charge < -0.3 is 0 Å². The molecule has 3 rings (SSSR count). The molecule has 1 aromatic carbocycles. The fraction of sp³-hybridized carbons (Fsp3) is 0.667. The van der Waals surface area contributed by atoms with Crippen molar-refractivity contribution in [2.24, 2.45) is 5.92 Å². The average Bonchev–Trinajstić information content (AvgIpc) is 3.46. The summed E-state index contributed by atoms with van der Waals surface area (Å²) in [5.41, 5.74) is 0. The average molecular weight is 401 g/mol. The van der Waals surface area contributed by atoms with Crippen LogP contribution in [0.3, 0.4) is 0 Å². The summed E-state index contributed by atoms with van der Waals surface area (Å²) >= 11 is 0. The molecule has 6 nitrogen and oxygen atoms in total. The van der Waals surface area contributed by atoms with Crippen LogP contribution in [0.4, 0.5) is 0 Å². The summed E-state index contributed by atoms with van der Waals surface area (Å²) in [6.45, 7) is 4.09. The van der Waals surface area contributed by atoms with Crippen LogP contribution in [0.1, 0.15) is 45.4 Å². The van der Waals surface area contributed by atoms with Crippen molar-refractivity contribution in [3.8, 4) is 0 Å². The normalized spacial score (nSPS) is 19.8. The second-order valence-electron chi connectivity index (χ2n) is 7.24. The summed E-state index contributed by atoms with van der Waals surface area (Å²) in [5.74, 6) is 0.468. The van der Waals surface area contributed by atoms with Crippen LogP contribution in [0.15, 0.2) is 34.1 Å². The van der Waals surface area contributed by atoms with Crippen molar-refractivity contribution >= 4 is 20.0 Å². The molecular weight excluding hydrogens is 372 g/mol. The molecule has 8 heteroatoms. The van der Waals surface area contributed by atoms with E-state index in [1.165, 1.54) is 28.6 Å². The third-order valence-corrected chi connectivity index (χ3v) is 8.84. The van der Waals surface area contributed by atoms with E-state index in [2.05, 4.69) is 0 Å². The molecule has 2 fully saturated rings. The highest BCUT2D eigenvalue weighted by molar-refractivity contribution is 7.89. The van der Waals surface area contributed by atoms with E-state index < -0.39 is 20.0 Å². The summed E-state index contributed by atoms with van der Waals surface area (Å²) < 4.78 is 54.3. The molecule has 0 atom stereocenters. The highest BCUT2D eigenvalue weighted by Gasteiger charge is 2.32. The number of benzene rings is 1. The molecule has 1 saturated carbocycles. The molecule has 0 bridgehead atoms. The lowest BCUT2D eigenvalue weighted by atomic mass is 10.2. The van der Waals surface area contributed by atoms with Gasteiger partial charge in [-0.25, -0.2) is 16.8 Å². The van der Waals surface area contributed by atoms with Crippen molar-refractivity contribution in [1.82, 2.24) is 8.61 Å². The quantitative estimate of drug-likeness (QED) is 0.672. The number of rotatable bonds is 8. The van der Waals surface area contributed by atoms with Crippen LogP contribution in [0, 0.1) is 5.92 Å². The molecule has 1 aliphatic heterocycles. The van der Waals surface area contributed by atoms with Gasteiger partial charge in [0, 0.05) is 26.2 Å². The van der Waals surface area contributed by atoms with Gasteiger partial charge in [-0.3, -0.25) is 0 Å². The van der Waals surface area contributed by atoms with E-state index in [4.69, 9.17) is 0 Å². The second-order valence-corrected chi connectivity index (χ2v) is 11.1. The number of sulfonamides is 2. The smallest absolute Gasteiger partial charge is 0.207 e.